The maximum atomic E-state index is 5.69. The maximum absolute atomic E-state index is 5.69. The van der Waals surface area contributed by atoms with Gasteiger partial charge in [0, 0.05) is 46.5 Å². The van der Waals surface area contributed by atoms with Crippen LogP contribution in [0.25, 0.3) is 0 Å². The number of hydrazine groups is 1. The normalized spacial score (nSPS) is 12.5. The van der Waals surface area contributed by atoms with Crippen LogP contribution in [0, 0.1) is 0 Å². The summed E-state index contributed by atoms with van der Waals surface area (Å²) in [7, 11) is 0. The second-order valence-electron chi connectivity index (χ2n) is 4.87. The number of rotatable bonds is 8. The number of aromatic nitrogens is 2. The molecule has 0 bridgehead atoms. The number of nitrogens with zero attached hydrogens (tertiary/aromatic N) is 2. The minimum Gasteiger partial charge on any atom is -0.335 e. The summed E-state index contributed by atoms with van der Waals surface area (Å²) in [6, 6.07) is 8.54. The lowest BCUT2D eigenvalue weighted by Gasteiger charge is -2.16. The predicted octanol–water partition coefficient (Wildman–Crippen LogP) is 3.22. The van der Waals surface area contributed by atoms with Gasteiger partial charge in [-0.3, -0.25) is 11.3 Å². The second-order valence-corrected chi connectivity index (χ2v) is 6.88. The summed E-state index contributed by atoms with van der Waals surface area (Å²) in [4.78, 5) is 5.69. The van der Waals surface area contributed by atoms with E-state index in [1.807, 2.05) is 12.4 Å². The quantitative estimate of drug-likeness (QED) is 0.426. The second kappa shape index (κ2) is 8.58. The molecule has 0 spiro atoms. The first-order chi connectivity index (χ1) is 10.2. The van der Waals surface area contributed by atoms with E-state index in [0.717, 1.165) is 35.4 Å². The highest BCUT2D eigenvalue weighted by Crippen LogP contribution is 2.21. The van der Waals surface area contributed by atoms with Gasteiger partial charge in [0.1, 0.15) is 5.82 Å². The van der Waals surface area contributed by atoms with Crippen LogP contribution in [0.5, 0.6) is 0 Å². The third kappa shape index (κ3) is 5.14. The number of nitrogens with one attached hydrogen (secondary N) is 1. The van der Waals surface area contributed by atoms with Crippen LogP contribution >= 0.6 is 27.7 Å². The molecule has 2 aromatic rings. The van der Waals surface area contributed by atoms with Gasteiger partial charge in [0.2, 0.25) is 0 Å². The van der Waals surface area contributed by atoms with Crippen LogP contribution < -0.4 is 11.3 Å². The first-order valence-corrected chi connectivity index (χ1v) is 8.85. The largest absolute Gasteiger partial charge is 0.335 e. The highest BCUT2D eigenvalue weighted by molar-refractivity contribution is 9.10. The van der Waals surface area contributed by atoms with Crippen molar-refractivity contribution in [2.24, 2.45) is 5.84 Å². The lowest BCUT2D eigenvalue weighted by molar-refractivity contribution is 0.535. The Morgan fingerprint density at radius 2 is 2.14 bits per heavy atom. The fourth-order valence-electron chi connectivity index (χ4n) is 2.09. The van der Waals surface area contributed by atoms with E-state index >= 15 is 0 Å². The van der Waals surface area contributed by atoms with E-state index in [-0.39, 0.29) is 6.04 Å². The van der Waals surface area contributed by atoms with Crippen molar-refractivity contribution >= 4 is 27.7 Å². The molecule has 4 nitrogen and oxygen atoms in total. The van der Waals surface area contributed by atoms with Crippen LogP contribution in [0.15, 0.2) is 46.0 Å². The molecule has 2 rings (SSSR count). The fourth-order valence-corrected chi connectivity index (χ4v) is 3.29. The first kappa shape index (κ1) is 16.5. The molecule has 1 aromatic heterocycles. The van der Waals surface area contributed by atoms with Crippen LogP contribution in [-0.2, 0) is 13.0 Å². The van der Waals surface area contributed by atoms with Gasteiger partial charge in [-0.1, -0.05) is 22.9 Å². The molecule has 3 N–H and O–H groups in total. The highest BCUT2D eigenvalue weighted by atomic mass is 79.9. The number of imidazole rings is 1. The Bertz CT molecular complexity index is 541. The molecule has 0 aliphatic heterocycles. The molecule has 114 valence electrons. The van der Waals surface area contributed by atoms with Gasteiger partial charge in [-0.25, -0.2) is 4.98 Å². The first-order valence-electron chi connectivity index (χ1n) is 7.07. The summed E-state index contributed by atoms with van der Waals surface area (Å²) >= 11 is 5.25. The monoisotopic (exact) mass is 368 g/mol. The van der Waals surface area contributed by atoms with E-state index in [0.29, 0.717) is 0 Å². The predicted molar refractivity (Wildman–Crippen MR) is 92.2 cm³/mol. The van der Waals surface area contributed by atoms with E-state index in [2.05, 4.69) is 62.1 Å². The molecule has 21 heavy (non-hydrogen) atoms. The Balaban J connectivity index is 1.90. The molecule has 1 aromatic carbocycles. The van der Waals surface area contributed by atoms with E-state index in [9.17, 15) is 0 Å². The molecule has 0 aliphatic rings. The minimum absolute atomic E-state index is 0.205. The number of hydrogen-bond acceptors (Lipinski definition) is 4. The lowest BCUT2D eigenvalue weighted by Crippen LogP contribution is -2.39. The minimum atomic E-state index is 0.205. The number of nitrogens with two attached hydrogens (primary N) is 1. The summed E-state index contributed by atoms with van der Waals surface area (Å²) in [5.41, 5.74) is 2.91. The summed E-state index contributed by atoms with van der Waals surface area (Å²) in [5, 5.41) is 0. The van der Waals surface area contributed by atoms with Crippen LogP contribution in [0.3, 0.4) is 0 Å². The zero-order valence-corrected chi connectivity index (χ0v) is 14.5. The number of halogens is 1. The van der Waals surface area contributed by atoms with Gasteiger partial charge in [0.15, 0.2) is 0 Å². The van der Waals surface area contributed by atoms with Gasteiger partial charge in [-0.15, -0.1) is 11.8 Å². The molecule has 1 atom stereocenters. The summed E-state index contributed by atoms with van der Waals surface area (Å²) in [5.74, 6) is 7.70. The molecule has 1 heterocycles. The lowest BCUT2D eigenvalue weighted by atomic mass is 10.2. The molecule has 0 amide bonds. The van der Waals surface area contributed by atoms with Gasteiger partial charge in [-0.2, -0.15) is 0 Å². The molecular formula is C15H21BrN4S. The standard InChI is InChI=1S/C15H21BrN4S/c1-2-8-20-9-7-18-15(20)10-13(19-17)11-21-14-5-3-12(16)4-6-14/h3-7,9,13,19H,2,8,10-11,17H2,1H3. The van der Waals surface area contributed by atoms with Gasteiger partial charge in [0.25, 0.3) is 0 Å². The molecular weight excluding hydrogens is 348 g/mol. The molecule has 0 aliphatic carbocycles. The molecule has 6 heteroatoms. The van der Waals surface area contributed by atoms with Gasteiger partial charge < -0.3 is 4.57 Å². The average Bonchev–Trinajstić information content (AvgIpc) is 2.92. The van der Waals surface area contributed by atoms with E-state index in [1.165, 1.54) is 4.90 Å². The van der Waals surface area contributed by atoms with Crippen molar-refractivity contribution in [2.75, 3.05) is 5.75 Å². The summed E-state index contributed by atoms with van der Waals surface area (Å²) in [6.07, 6.45) is 5.85. The van der Waals surface area contributed by atoms with Gasteiger partial charge in [-0.05, 0) is 30.7 Å². The molecule has 0 fully saturated rings. The van der Waals surface area contributed by atoms with Crippen LogP contribution in [0.1, 0.15) is 19.2 Å². The third-order valence-corrected chi connectivity index (χ3v) is 4.90. The van der Waals surface area contributed by atoms with E-state index in [4.69, 9.17) is 5.84 Å². The van der Waals surface area contributed by atoms with E-state index in [1.54, 1.807) is 11.8 Å². The Morgan fingerprint density at radius 1 is 1.38 bits per heavy atom. The van der Waals surface area contributed by atoms with Crippen molar-refractivity contribution in [2.45, 2.75) is 37.2 Å². The average molecular weight is 369 g/mol. The number of aryl methyl sites for hydroxylation is 1. The number of thioether (sulfide) groups is 1. The Labute approximate surface area is 138 Å². The third-order valence-electron chi connectivity index (χ3n) is 3.20. The van der Waals surface area contributed by atoms with Crippen molar-refractivity contribution in [3.8, 4) is 0 Å². The Hall–Kier alpha value is -0.820. The van der Waals surface area contributed by atoms with Crippen LogP contribution in [-0.4, -0.2) is 21.3 Å². The highest BCUT2D eigenvalue weighted by Gasteiger charge is 2.12. The van der Waals surface area contributed by atoms with Crippen molar-refractivity contribution in [3.05, 3.63) is 47.0 Å². The molecule has 1 unspecified atom stereocenters. The zero-order chi connectivity index (χ0) is 15.1. The van der Waals surface area contributed by atoms with Crippen LogP contribution in [0.2, 0.25) is 0 Å². The summed E-state index contributed by atoms with van der Waals surface area (Å²) in [6.45, 7) is 3.18. The SMILES string of the molecule is CCCn1ccnc1CC(CSc1ccc(Br)cc1)NN. The summed E-state index contributed by atoms with van der Waals surface area (Å²) < 4.78 is 3.30. The van der Waals surface area contributed by atoms with Crippen molar-refractivity contribution in [1.82, 2.24) is 15.0 Å². The van der Waals surface area contributed by atoms with Crippen molar-refractivity contribution < 1.29 is 0 Å². The fraction of sp³-hybridized carbons (Fsp3) is 0.400. The maximum Gasteiger partial charge on any atom is 0.110 e. The Kier molecular flexibility index (Phi) is 6.76. The number of hydrogen-bond donors (Lipinski definition) is 2. The van der Waals surface area contributed by atoms with Crippen molar-refractivity contribution in [1.29, 1.82) is 0 Å². The number of benzene rings is 1. The zero-order valence-electron chi connectivity index (χ0n) is 12.1. The molecule has 0 saturated carbocycles. The molecule has 0 radical (unpaired) electrons. The smallest absolute Gasteiger partial charge is 0.110 e. The van der Waals surface area contributed by atoms with Crippen molar-refractivity contribution in [3.63, 3.8) is 0 Å². The van der Waals surface area contributed by atoms with Gasteiger partial charge >= 0.3 is 0 Å². The van der Waals surface area contributed by atoms with Gasteiger partial charge in [0.05, 0.1) is 0 Å². The molecule has 0 saturated heterocycles. The Morgan fingerprint density at radius 3 is 2.81 bits per heavy atom. The van der Waals surface area contributed by atoms with E-state index < -0.39 is 0 Å². The van der Waals surface area contributed by atoms with Crippen LogP contribution in [0.4, 0.5) is 0 Å². The topological polar surface area (TPSA) is 55.9 Å².